The van der Waals surface area contributed by atoms with Crippen molar-refractivity contribution in [1.82, 2.24) is 19.9 Å². The van der Waals surface area contributed by atoms with Gasteiger partial charge in [0.1, 0.15) is 6.04 Å². The van der Waals surface area contributed by atoms with Gasteiger partial charge in [-0.3, -0.25) is 9.59 Å². The van der Waals surface area contributed by atoms with E-state index in [1.807, 2.05) is 12.1 Å². The monoisotopic (exact) mass is 503 g/mol. The number of amides is 2. The highest BCUT2D eigenvalue weighted by Crippen LogP contribution is 2.32. The van der Waals surface area contributed by atoms with Crippen LogP contribution in [0.1, 0.15) is 27.8 Å². The highest BCUT2D eigenvalue weighted by atomic mass is 16.5. The molecule has 37 heavy (non-hydrogen) atoms. The summed E-state index contributed by atoms with van der Waals surface area (Å²) < 4.78 is 16.9. The topological polar surface area (TPSA) is 133 Å². The van der Waals surface area contributed by atoms with E-state index in [2.05, 4.69) is 25.5 Å². The van der Waals surface area contributed by atoms with Gasteiger partial charge in [0.25, 0.3) is 11.8 Å². The average Bonchev–Trinajstić information content (AvgIpc) is 3.37. The maximum atomic E-state index is 12.9. The molecule has 11 nitrogen and oxygen atoms in total. The molecule has 0 radical (unpaired) electrons. The number of fused-ring (bicyclic) bond motifs is 1. The third-order valence-corrected chi connectivity index (χ3v) is 5.58. The minimum atomic E-state index is -0.788. The van der Waals surface area contributed by atoms with Gasteiger partial charge in [-0.05, 0) is 55.5 Å². The Labute approximate surface area is 212 Å². The van der Waals surface area contributed by atoms with Crippen LogP contribution in [0.15, 0.2) is 60.8 Å². The second kappa shape index (κ2) is 10.8. The number of anilines is 1. The predicted octanol–water partition coefficient (Wildman–Crippen LogP) is 2.96. The fraction of sp³-hybridized carbons (Fsp3) is 0.192. The smallest absolute Gasteiger partial charge is 0.328 e. The van der Waals surface area contributed by atoms with Crippen molar-refractivity contribution in [2.24, 2.45) is 0 Å². The molecule has 0 saturated carbocycles. The number of hydrogen-bond acceptors (Lipinski definition) is 8. The first kappa shape index (κ1) is 25.2. The van der Waals surface area contributed by atoms with Gasteiger partial charge in [0.05, 0.1) is 27.0 Å². The molecule has 0 bridgehead atoms. The molecule has 2 heterocycles. The molecule has 0 spiro atoms. The zero-order valence-corrected chi connectivity index (χ0v) is 20.6. The molecule has 11 heteroatoms. The van der Waals surface area contributed by atoms with Crippen LogP contribution in [-0.4, -0.2) is 59.8 Å². The molecule has 0 aliphatic heterocycles. The maximum absolute atomic E-state index is 12.9. The van der Waals surface area contributed by atoms with Gasteiger partial charge < -0.3 is 24.8 Å². The van der Waals surface area contributed by atoms with Crippen LogP contribution in [0.4, 0.5) is 5.69 Å². The zero-order chi connectivity index (χ0) is 26.5. The number of ether oxygens (including phenoxy) is 3. The fourth-order valence-corrected chi connectivity index (χ4v) is 3.64. The number of esters is 1. The van der Waals surface area contributed by atoms with Gasteiger partial charge in [-0.15, -0.1) is 0 Å². The van der Waals surface area contributed by atoms with Crippen molar-refractivity contribution in [1.29, 1.82) is 0 Å². The predicted molar refractivity (Wildman–Crippen MR) is 135 cm³/mol. The normalized spacial score (nSPS) is 11.5. The fourth-order valence-electron chi connectivity index (χ4n) is 3.64. The van der Waals surface area contributed by atoms with E-state index in [1.165, 1.54) is 26.2 Å². The zero-order valence-electron chi connectivity index (χ0n) is 20.6. The number of carbonyl (C=O) groups excluding carboxylic acids is 3. The molecule has 190 valence electrons. The largest absolute Gasteiger partial charge is 0.493 e. The van der Waals surface area contributed by atoms with Crippen molar-refractivity contribution in [2.45, 2.75) is 13.0 Å². The van der Waals surface area contributed by atoms with Gasteiger partial charge in [-0.25, -0.2) is 14.3 Å². The van der Waals surface area contributed by atoms with Crippen molar-refractivity contribution in [3.8, 4) is 22.8 Å². The first-order valence-corrected chi connectivity index (χ1v) is 11.2. The number of methoxy groups -OCH3 is 3. The molecule has 2 aromatic heterocycles. The van der Waals surface area contributed by atoms with E-state index >= 15 is 0 Å². The first-order chi connectivity index (χ1) is 17.8. The van der Waals surface area contributed by atoms with E-state index in [0.717, 1.165) is 5.56 Å². The van der Waals surface area contributed by atoms with Gasteiger partial charge >= 0.3 is 5.97 Å². The maximum Gasteiger partial charge on any atom is 0.328 e. The van der Waals surface area contributed by atoms with Gasteiger partial charge in [0.2, 0.25) is 0 Å². The number of carbonyl (C=O) groups is 3. The number of rotatable bonds is 8. The Bertz CT molecular complexity index is 1460. The van der Waals surface area contributed by atoms with E-state index in [9.17, 15) is 14.4 Å². The summed E-state index contributed by atoms with van der Waals surface area (Å²) in [7, 11) is 4.37. The number of hydrogen-bond donors (Lipinski definition) is 2. The molecule has 0 aliphatic carbocycles. The Morgan fingerprint density at radius 1 is 0.892 bits per heavy atom. The van der Waals surface area contributed by atoms with Gasteiger partial charge in [0.15, 0.2) is 22.8 Å². The summed E-state index contributed by atoms with van der Waals surface area (Å²) in [5, 5.41) is 9.75. The van der Waals surface area contributed by atoms with Crippen molar-refractivity contribution in [2.75, 3.05) is 26.6 Å². The van der Waals surface area contributed by atoms with Gasteiger partial charge in [0, 0.05) is 29.1 Å². The molecule has 1 atom stereocenters. The Hall–Kier alpha value is -4.93. The van der Waals surface area contributed by atoms with E-state index in [-0.39, 0.29) is 5.69 Å². The average molecular weight is 504 g/mol. The third kappa shape index (κ3) is 5.35. The van der Waals surface area contributed by atoms with Crippen molar-refractivity contribution in [3.63, 3.8) is 0 Å². The third-order valence-electron chi connectivity index (χ3n) is 5.58. The standard InChI is InChI=1S/C26H25N5O6/c1-15(26(34)37-4)28-24(32)16-5-8-18(9-6-16)29-25(33)19-14-23-27-12-11-20(31(23)30-19)17-7-10-21(35-2)22(13-17)36-3/h5-15H,1-4H3,(H,28,32)(H,29,33)/t15-/m0/s1. The second-order valence-electron chi connectivity index (χ2n) is 7.95. The van der Waals surface area contributed by atoms with Crippen LogP contribution >= 0.6 is 0 Å². The quantitative estimate of drug-likeness (QED) is 0.351. The molecule has 4 aromatic rings. The number of nitrogens with zero attached hydrogens (tertiary/aromatic N) is 3. The molecule has 0 saturated heterocycles. The lowest BCUT2D eigenvalue weighted by molar-refractivity contribution is -0.142. The second-order valence-corrected chi connectivity index (χ2v) is 7.95. The van der Waals surface area contributed by atoms with Crippen molar-refractivity contribution in [3.05, 3.63) is 72.1 Å². The van der Waals surface area contributed by atoms with Crippen LogP contribution in [0.2, 0.25) is 0 Å². The molecule has 2 aromatic carbocycles. The Morgan fingerprint density at radius 3 is 2.30 bits per heavy atom. The van der Waals surface area contributed by atoms with Crippen LogP contribution < -0.4 is 20.1 Å². The minimum Gasteiger partial charge on any atom is -0.493 e. The molecule has 0 aliphatic rings. The minimum absolute atomic E-state index is 0.161. The summed E-state index contributed by atoms with van der Waals surface area (Å²) in [6.45, 7) is 1.53. The van der Waals surface area contributed by atoms with Crippen LogP contribution in [0.3, 0.4) is 0 Å². The summed E-state index contributed by atoms with van der Waals surface area (Å²) in [4.78, 5) is 41.0. The van der Waals surface area contributed by atoms with Crippen molar-refractivity contribution >= 4 is 29.1 Å². The van der Waals surface area contributed by atoms with Crippen LogP contribution in [0.25, 0.3) is 16.9 Å². The Morgan fingerprint density at radius 2 is 1.62 bits per heavy atom. The molecule has 2 N–H and O–H groups in total. The number of aromatic nitrogens is 3. The molecule has 0 unspecified atom stereocenters. The lowest BCUT2D eigenvalue weighted by atomic mass is 10.1. The van der Waals surface area contributed by atoms with Gasteiger partial charge in [-0.2, -0.15) is 5.10 Å². The summed E-state index contributed by atoms with van der Waals surface area (Å²) >= 11 is 0. The van der Waals surface area contributed by atoms with Gasteiger partial charge in [-0.1, -0.05) is 0 Å². The SMILES string of the molecule is COC(=O)[C@H](C)NC(=O)c1ccc(NC(=O)c2cc3nccc(-c4ccc(OC)c(OC)c4)n3n2)cc1. The summed E-state index contributed by atoms with van der Waals surface area (Å²) in [5.74, 6) is -0.274. The first-order valence-electron chi connectivity index (χ1n) is 11.2. The molecule has 0 fully saturated rings. The lowest BCUT2D eigenvalue weighted by Crippen LogP contribution is -2.39. The highest BCUT2D eigenvalue weighted by molar-refractivity contribution is 6.04. The molecule has 2 amide bonds. The van der Waals surface area contributed by atoms with Crippen LogP contribution in [0, 0.1) is 0 Å². The summed E-state index contributed by atoms with van der Waals surface area (Å²) in [6.07, 6.45) is 1.63. The summed E-state index contributed by atoms with van der Waals surface area (Å²) in [5.41, 5.74) is 2.95. The number of benzene rings is 2. The van der Waals surface area contributed by atoms with Crippen LogP contribution in [-0.2, 0) is 9.53 Å². The Kier molecular flexibility index (Phi) is 7.33. The lowest BCUT2D eigenvalue weighted by Gasteiger charge is -2.11. The summed E-state index contributed by atoms with van der Waals surface area (Å²) in [6, 6.07) is 14.3. The Balaban J connectivity index is 1.52. The van der Waals surface area contributed by atoms with E-state index in [1.54, 1.807) is 55.3 Å². The van der Waals surface area contributed by atoms with Crippen molar-refractivity contribution < 1.29 is 28.6 Å². The van der Waals surface area contributed by atoms with E-state index in [0.29, 0.717) is 34.1 Å². The van der Waals surface area contributed by atoms with Crippen LogP contribution in [0.5, 0.6) is 11.5 Å². The number of nitrogens with one attached hydrogen (secondary N) is 2. The molecule has 4 rings (SSSR count). The highest BCUT2D eigenvalue weighted by Gasteiger charge is 2.18. The van der Waals surface area contributed by atoms with E-state index in [4.69, 9.17) is 9.47 Å². The molecular weight excluding hydrogens is 478 g/mol. The molecular formula is C26H25N5O6. The van der Waals surface area contributed by atoms with E-state index < -0.39 is 23.8 Å².